The predicted octanol–water partition coefficient (Wildman–Crippen LogP) is 1.82. The summed E-state index contributed by atoms with van der Waals surface area (Å²) in [5, 5.41) is 1.17. The number of hydrogen-bond acceptors (Lipinski definition) is 3. The normalized spacial score (nSPS) is 11.0. The summed E-state index contributed by atoms with van der Waals surface area (Å²) in [7, 11) is 4.16. The number of nitrogens with zero attached hydrogens (tertiary/aromatic N) is 2. The highest BCUT2D eigenvalue weighted by Gasteiger charge is 2.04. The molecule has 1 aromatic rings. The number of thiazole rings is 1. The zero-order valence-corrected chi connectivity index (χ0v) is 8.33. The molecule has 1 rings (SSSR count). The third kappa shape index (κ3) is 2.27. The summed E-state index contributed by atoms with van der Waals surface area (Å²) in [6.07, 6.45) is 0. The molecule has 0 bridgehead atoms. The van der Waals surface area contributed by atoms with Crippen LogP contribution in [0.25, 0.3) is 0 Å². The molecule has 1 heterocycles. The third-order valence-electron chi connectivity index (χ3n) is 1.46. The molecule has 0 fully saturated rings. The molecule has 0 N–H and O–H groups in total. The van der Waals surface area contributed by atoms with E-state index in [0.717, 1.165) is 6.54 Å². The molecule has 0 aliphatic carbocycles. The van der Waals surface area contributed by atoms with Crippen molar-refractivity contribution in [3.63, 3.8) is 0 Å². The summed E-state index contributed by atoms with van der Waals surface area (Å²) in [5.41, 5.74) is 1.18. The topological polar surface area (TPSA) is 16.1 Å². The lowest BCUT2D eigenvalue weighted by molar-refractivity contribution is 0.405. The van der Waals surface area contributed by atoms with Crippen LogP contribution in [0.4, 0.5) is 0 Å². The summed E-state index contributed by atoms with van der Waals surface area (Å²) < 4.78 is 0. The summed E-state index contributed by atoms with van der Waals surface area (Å²) in [4.78, 5) is 7.90. The van der Waals surface area contributed by atoms with Crippen molar-refractivity contribution in [1.82, 2.24) is 9.88 Å². The Hall–Kier alpha value is -0.410. The van der Waals surface area contributed by atoms with Gasteiger partial charge in [0.15, 0.2) is 0 Å². The molecule has 62 valence electrons. The molecule has 0 saturated carbocycles. The van der Waals surface area contributed by atoms with E-state index < -0.39 is 0 Å². The standard InChI is InChI=1S/C8H14N2S/c1-6-8(5-10(3)4)11-7(2)9-6/h5H2,1-4H3. The minimum absolute atomic E-state index is 1.01. The molecule has 1 aromatic heterocycles. The van der Waals surface area contributed by atoms with E-state index in [9.17, 15) is 0 Å². The minimum atomic E-state index is 1.01. The fourth-order valence-electron chi connectivity index (χ4n) is 1.01. The van der Waals surface area contributed by atoms with Crippen LogP contribution in [0, 0.1) is 13.8 Å². The molecule has 0 unspecified atom stereocenters. The molecular weight excluding hydrogens is 156 g/mol. The van der Waals surface area contributed by atoms with Crippen LogP contribution in [0.15, 0.2) is 0 Å². The van der Waals surface area contributed by atoms with Gasteiger partial charge in [-0.3, -0.25) is 0 Å². The quantitative estimate of drug-likeness (QED) is 0.673. The average molecular weight is 170 g/mol. The second kappa shape index (κ2) is 3.32. The number of rotatable bonds is 2. The van der Waals surface area contributed by atoms with Gasteiger partial charge in [-0.25, -0.2) is 4.98 Å². The van der Waals surface area contributed by atoms with Gasteiger partial charge in [0.05, 0.1) is 10.7 Å². The van der Waals surface area contributed by atoms with Crippen molar-refractivity contribution in [3.05, 3.63) is 15.6 Å². The largest absolute Gasteiger partial charge is 0.304 e. The first-order valence-electron chi connectivity index (χ1n) is 3.67. The summed E-state index contributed by atoms with van der Waals surface area (Å²) in [6.45, 7) is 5.14. The lowest BCUT2D eigenvalue weighted by Gasteiger charge is -2.06. The fourth-order valence-corrected chi connectivity index (χ4v) is 2.06. The number of aryl methyl sites for hydroxylation is 2. The minimum Gasteiger partial charge on any atom is -0.304 e. The molecule has 0 radical (unpaired) electrons. The van der Waals surface area contributed by atoms with Crippen LogP contribution in [0.3, 0.4) is 0 Å². The molecule has 0 atom stereocenters. The maximum Gasteiger partial charge on any atom is 0.0900 e. The van der Waals surface area contributed by atoms with Crippen molar-refractivity contribution in [2.75, 3.05) is 14.1 Å². The van der Waals surface area contributed by atoms with Crippen LogP contribution in [0.5, 0.6) is 0 Å². The van der Waals surface area contributed by atoms with Crippen LogP contribution >= 0.6 is 11.3 Å². The SMILES string of the molecule is Cc1nc(C)c(CN(C)C)s1. The van der Waals surface area contributed by atoms with Gasteiger partial charge in [-0.2, -0.15) is 0 Å². The van der Waals surface area contributed by atoms with Crippen molar-refractivity contribution in [1.29, 1.82) is 0 Å². The molecule has 0 aliphatic rings. The summed E-state index contributed by atoms with van der Waals surface area (Å²) in [6, 6.07) is 0. The van der Waals surface area contributed by atoms with E-state index >= 15 is 0 Å². The van der Waals surface area contributed by atoms with Crippen molar-refractivity contribution < 1.29 is 0 Å². The molecule has 3 heteroatoms. The van der Waals surface area contributed by atoms with Gasteiger partial charge < -0.3 is 4.90 Å². The van der Waals surface area contributed by atoms with E-state index in [1.165, 1.54) is 15.6 Å². The zero-order valence-electron chi connectivity index (χ0n) is 7.51. The molecular formula is C8H14N2S. The second-order valence-electron chi connectivity index (χ2n) is 2.98. The van der Waals surface area contributed by atoms with Gasteiger partial charge in [-0.05, 0) is 27.9 Å². The Labute approximate surface area is 71.9 Å². The highest BCUT2D eigenvalue weighted by atomic mass is 32.1. The lowest BCUT2D eigenvalue weighted by atomic mass is 10.4. The van der Waals surface area contributed by atoms with Crippen molar-refractivity contribution >= 4 is 11.3 Å². The van der Waals surface area contributed by atoms with Gasteiger partial charge >= 0.3 is 0 Å². The van der Waals surface area contributed by atoms with Crippen LogP contribution in [-0.4, -0.2) is 24.0 Å². The van der Waals surface area contributed by atoms with Crippen LogP contribution in [0.1, 0.15) is 15.6 Å². The van der Waals surface area contributed by atoms with Crippen molar-refractivity contribution in [2.24, 2.45) is 0 Å². The first-order chi connectivity index (χ1) is 5.09. The monoisotopic (exact) mass is 170 g/mol. The van der Waals surface area contributed by atoms with E-state index in [0.29, 0.717) is 0 Å². The van der Waals surface area contributed by atoms with Crippen LogP contribution < -0.4 is 0 Å². The Bertz CT molecular complexity index is 240. The lowest BCUT2D eigenvalue weighted by Crippen LogP contribution is -2.10. The second-order valence-corrected chi connectivity index (χ2v) is 4.27. The molecule has 0 amide bonds. The van der Waals surface area contributed by atoms with E-state index in [4.69, 9.17) is 0 Å². The van der Waals surface area contributed by atoms with Crippen LogP contribution in [0.2, 0.25) is 0 Å². The third-order valence-corrected chi connectivity index (χ3v) is 2.52. The van der Waals surface area contributed by atoms with Crippen molar-refractivity contribution in [2.45, 2.75) is 20.4 Å². The Morgan fingerprint density at radius 2 is 2.00 bits per heavy atom. The smallest absolute Gasteiger partial charge is 0.0900 e. The molecule has 2 nitrogen and oxygen atoms in total. The van der Waals surface area contributed by atoms with Gasteiger partial charge in [0, 0.05) is 11.4 Å². The average Bonchev–Trinajstić information content (AvgIpc) is 2.09. The van der Waals surface area contributed by atoms with Gasteiger partial charge in [0.2, 0.25) is 0 Å². The zero-order chi connectivity index (χ0) is 8.43. The molecule has 11 heavy (non-hydrogen) atoms. The first kappa shape index (κ1) is 8.68. The number of hydrogen-bond donors (Lipinski definition) is 0. The Morgan fingerprint density at radius 1 is 1.36 bits per heavy atom. The predicted molar refractivity (Wildman–Crippen MR) is 49.0 cm³/mol. The maximum absolute atomic E-state index is 4.36. The maximum atomic E-state index is 4.36. The van der Waals surface area contributed by atoms with E-state index in [1.807, 2.05) is 0 Å². The van der Waals surface area contributed by atoms with E-state index in [1.54, 1.807) is 11.3 Å². The summed E-state index contributed by atoms with van der Waals surface area (Å²) >= 11 is 1.79. The van der Waals surface area contributed by atoms with Gasteiger partial charge in [-0.15, -0.1) is 11.3 Å². The van der Waals surface area contributed by atoms with Gasteiger partial charge in [-0.1, -0.05) is 0 Å². The van der Waals surface area contributed by atoms with E-state index in [2.05, 4.69) is 37.8 Å². The molecule has 0 aromatic carbocycles. The highest BCUT2D eigenvalue weighted by Crippen LogP contribution is 2.17. The number of aromatic nitrogens is 1. The molecule has 0 saturated heterocycles. The Balaban J connectivity index is 2.77. The first-order valence-corrected chi connectivity index (χ1v) is 4.49. The summed E-state index contributed by atoms with van der Waals surface area (Å²) in [5.74, 6) is 0. The Morgan fingerprint density at radius 3 is 2.36 bits per heavy atom. The van der Waals surface area contributed by atoms with Gasteiger partial charge in [0.25, 0.3) is 0 Å². The van der Waals surface area contributed by atoms with E-state index in [-0.39, 0.29) is 0 Å². The molecule has 0 aliphatic heterocycles. The van der Waals surface area contributed by atoms with Gasteiger partial charge in [0.1, 0.15) is 0 Å². The Kier molecular flexibility index (Phi) is 2.62. The van der Waals surface area contributed by atoms with Crippen LogP contribution in [-0.2, 0) is 6.54 Å². The highest BCUT2D eigenvalue weighted by molar-refractivity contribution is 7.11. The molecule has 0 spiro atoms. The van der Waals surface area contributed by atoms with Crippen molar-refractivity contribution in [3.8, 4) is 0 Å². The fraction of sp³-hybridized carbons (Fsp3) is 0.625.